The summed E-state index contributed by atoms with van der Waals surface area (Å²) in [5.74, 6) is -1.08. The molecule has 0 atom stereocenters. The van der Waals surface area contributed by atoms with Crippen molar-refractivity contribution < 1.29 is 18.7 Å². The fraction of sp³-hybridized carbons (Fsp3) is 0.375. The van der Waals surface area contributed by atoms with Crippen molar-refractivity contribution in [1.82, 2.24) is 4.98 Å². The summed E-state index contributed by atoms with van der Waals surface area (Å²) in [4.78, 5) is 31.9. The molecule has 1 aromatic rings. The van der Waals surface area contributed by atoms with Crippen molar-refractivity contribution in [3.63, 3.8) is 0 Å². The van der Waals surface area contributed by atoms with Crippen molar-refractivity contribution in [2.45, 2.75) is 33.3 Å². The lowest BCUT2D eigenvalue weighted by Crippen LogP contribution is -2.37. The molecule has 0 unspecified atom stereocenters. The van der Waals surface area contributed by atoms with Crippen LogP contribution in [-0.4, -0.2) is 35.7 Å². The van der Waals surface area contributed by atoms with Crippen LogP contribution in [0.25, 0.3) is 0 Å². The number of rotatable bonds is 5. The first-order valence-corrected chi connectivity index (χ1v) is 7.30. The fourth-order valence-corrected chi connectivity index (χ4v) is 1.65. The van der Waals surface area contributed by atoms with Crippen LogP contribution in [0, 0.1) is 5.95 Å². The van der Waals surface area contributed by atoms with E-state index >= 15 is 0 Å². The Morgan fingerprint density at radius 2 is 2.12 bits per heavy atom. The van der Waals surface area contributed by atoms with Gasteiger partial charge < -0.3 is 10.5 Å². The third kappa shape index (κ3) is 5.15. The summed E-state index contributed by atoms with van der Waals surface area (Å²) in [7, 11) is 0. The van der Waals surface area contributed by atoms with Crippen LogP contribution in [0.1, 0.15) is 38.1 Å². The predicted molar refractivity (Wildman–Crippen MR) is 89.6 cm³/mol. The van der Waals surface area contributed by atoms with Gasteiger partial charge in [-0.25, -0.2) is 14.7 Å². The number of aliphatic imine (C=N–C) groups is 1. The van der Waals surface area contributed by atoms with Crippen LogP contribution in [-0.2, 0) is 4.74 Å². The van der Waals surface area contributed by atoms with Crippen LogP contribution in [0.15, 0.2) is 29.0 Å². The second kappa shape index (κ2) is 8.19. The van der Waals surface area contributed by atoms with E-state index in [1.807, 2.05) is 0 Å². The lowest BCUT2D eigenvalue weighted by molar-refractivity contribution is 0.0593. The van der Waals surface area contributed by atoms with E-state index in [-0.39, 0.29) is 17.1 Å². The second-order valence-corrected chi connectivity index (χ2v) is 5.70. The van der Waals surface area contributed by atoms with Gasteiger partial charge in [0.1, 0.15) is 11.4 Å². The van der Waals surface area contributed by atoms with Crippen molar-refractivity contribution in [2.75, 3.05) is 11.4 Å². The Bertz CT molecular complexity index is 666. The number of anilines is 1. The molecule has 0 fully saturated rings. The smallest absolute Gasteiger partial charge is 0.420 e. The number of hydrogen-bond acceptors (Lipinski definition) is 6. The maximum absolute atomic E-state index is 13.8. The Hall–Kier alpha value is -2.77. The van der Waals surface area contributed by atoms with Gasteiger partial charge in [-0.1, -0.05) is 0 Å². The van der Waals surface area contributed by atoms with E-state index in [0.717, 1.165) is 11.1 Å². The fourth-order valence-electron chi connectivity index (χ4n) is 1.65. The molecule has 8 heteroatoms. The van der Waals surface area contributed by atoms with Gasteiger partial charge in [-0.3, -0.25) is 9.79 Å². The zero-order valence-electron chi connectivity index (χ0n) is 14.1. The number of nitrogens with two attached hydrogens (primary N) is 1. The number of nitrogens with zero attached hydrogens (tertiary/aromatic N) is 3. The van der Waals surface area contributed by atoms with Crippen LogP contribution < -0.4 is 10.6 Å². The molecule has 7 nitrogen and oxygen atoms in total. The standard InChI is InChI=1S/C16H21FN4O3/c1-5-19-9-12(8-18)21(15(23)24-16(2,3)4)13-7-6-11(10-22)14(17)20-13/h6-10H,5,18H2,1-4H3. The highest BCUT2D eigenvalue weighted by Crippen LogP contribution is 2.21. The average Bonchev–Trinajstić information content (AvgIpc) is 2.49. The molecule has 0 spiro atoms. The van der Waals surface area contributed by atoms with Gasteiger partial charge in [0.15, 0.2) is 6.29 Å². The second-order valence-electron chi connectivity index (χ2n) is 5.70. The lowest BCUT2D eigenvalue weighted by Gasteiger charge is -2.27. The molecule has 0 aliphatic carbocycles. The lowest BCUT2D eigenvalue weighted by atomic mass is 10.2. The van der Waals surface area contributed by atoms with Crippen LogP contribution in [0.5, 0.6) is 0 Å². The number of amides is 1. The highest BCUT2D eigenvalue weighted by atomic mass is 19.1. The van der Waals surface area contributed by atoms with Crippen molar-refractivity contribution >= 4 is 24.4 Å². The van der Waals surface area contributed by atoms with Crippen molar-refractivity contribution in [3.05, 3.63) is 35.5 Å². The molecule has 0 saturated carbocycles. The normalized spacial score (nSPS) is 12.3. The highest BCUT2D eigenvalue weighted by molar-refractivity contribution is 5.99. The molecule has 1 amide bonds. The summed E-state index contributed by atoms with van der Waals surface area (Å²) in [6.07, 6.45) is 2.03. The topological polar surface area (TPSA) is 97.9 Å². The number of aromatic nitrogens is 1. The van der Waals surface area contributed by atoms with E-state index in [1.165, 1.54) is 18.3 Å². The zero-order valence-corrected chi connectivity index (χ0v) is 14.1. The number of halogens is 1. The zero-order chi connectivity index (χ0) is 18.3. The highest BCUT2D eigenvalue weighted by Gasteiger charge is 2.27. The predicted octanol–water partition coefficient (Wildman–Crippen LogP) is 2.67. The molecule has 0 saturated heterocycles. The third-order valence-corrected chi connectivity index (χ3v) is 2.63. The number of ether oxygens (including phenoxy) is 1. The minimum atomic E-state index is -1.00. The van der Waals surface area contributed by atoms with Gasteiger partial charge in [-0.2, -0.15) is 4.39 Å². The first-order chi connectivity index (χ1) is 11.2. The summed E-state index contributed by atoms with van der Waals surface area (Å²) in [5, 5.41) is 0. The SMILES string of the molecule is CCN=CC(=CN)N(C(=O)OC(C)(C)C)c1ccc(C=O)c(F)n1. The molecule has 0 bridgehead atoms. The van der Waals surface area contributed by atoms with E-state index in [9.17, 15) is 14.0 Å². The number of pyridine rings is 1. The summed E-state index contributed by atoms with van der Waals surface area (Å²) in [6.45, 7) is 7.35. The largest absolute Gasteiger partial charge is 0.443 e. The van der Waals surface area contributed by atoms with Gasteiger partial charge in [-0.15, -0.1) is 0 Å². The number of hydrogen-bond donors (Lipinski definition) is 1. The van der Waals surface area contributed by atoms with E-state index in [2.05, 4.69) is 9.98 Å². The molecule has 1 rings (SSSR count). The van der Waals surface area contributed by atoms with E-state index in [0.29, 0.717) is 12.8 Å². The summed E-state index contributed by atoms with van der Waals surface area (Å²) < 4.78 is 19.1. The molecule has 130 valence electrons. The third-order valence-electron chi connectivity index (χ3n) is 2.63. The van der Waals surface area contributed by atoms with E-state index in [4.69, 9.17) is 10.5 Å². The Labute approximate surface area is 140 Å². The van der Waals surface area contributed by atoms with Gasteiger partial charge in [0.05, 0.1) is 11.3 Å². The van der Waals surface area contributed by atoms with Crippen LogP contribution in [0.3, 0.4) is 0 Å². The van der Waals surface area contributed by atoms with Crippen LogP contribution >= 0.6 is 0 Å². The molecule has 0 radical (unpaired) electrons. The number of allylic oxidation sites excluding steroid dienone is 1. The Morgan fingerprint density at radius 3 is 2.58 bits per heavy atom. The van der Waals surface area contributed by atoms with Crippen molar-refractivity contribution in [1.29, 1.82) is 0 Å². The maximum atomic E-state index is 13.8. The van der Waals surface area contributed by atoms with Gasteiger partial charge in [0, 0.05) is 19.0 Å². The summed E-state index contributed by atoms with van der Waals surface area (Å²) in [6, 6.07) is 2.53. The molecule has 24 heavy (non-hydrogen) atoms. The van der Waals surface area contributed by atoms with Gasteiger partial charge in [-0.05, 0) is 39.8 Å². The number of carbonyl (C=O) groups excluding carboxylic acids is 2. The van der Waals surface area contributed by atoms with Gasteiger partial charge in [0.25, 0.3) is 0 Å². The maximum Gasteiger partial charge on any atom is 0.420 e. The van der Waals surface area contributed by atoms with E-state index in [1.54, 1.807) is 27.7 Å². The first-order valence-electron chi connectivity index (χ1n) is 7.30. The molecule has 1 heterocycles. The minimum absolute atomic E-state index is 0.0772. The Balaban J connectivity index is 3.37. The Kier molecular flexibility index (Phi) is 6.58. The molecular formula is C16H21FN4O3. The Morgan fingerprint density at radius 1 is 1.46 bits per heavy atom. The van der Waals surface area contributed by atoms with E-state index < -0.39 is 17.6 Å². The van der Waals surface area contributed by atoms with Crippen LogP contribution in [0.4, 0.5) is 15.0 Å². The van der Waals surface area contributed by atoms with Gasteiger partial charge >= 0.3 is 6.09 Å². The van der Waals surface area contributed by atoms with Crippen LogP contribution in [0.2, 0.25) is 0 Å². The average molecular weight is 336 g/mol. The van der Waals surface area contributed by atoms with Crippen molar-refractivity contribution in [3.8, 4) is 0 Å². The molecule has 1 aromatic heterocycles. The minimum Gasteiger partial charge on any atom is -0.443 e. The first kappa shape index (κ1) is 19.3. The molecular weight excluding hydrogens is 315 g/mol. The number of aldehydes is 1. The molecule has 0 aliphatic rings. The molecule has 0 aliphatic heterocycles. The van der Waals surface area contributed by atoms with Crippen molar-refractivity contribution in [2.24, 2.45) is 10.7 Å². The quantitative estimate of drug-likeness (QED) is 0.506. The number of carbonyl (C=O) groups is 2. The monoisotopic (exact) mass is 336 g/mol. The molecule has 0 aromatic carbocycles. The molecule has 2 N–H and O–H groups in total. The summed E-state index contributed by atoms with van der Waals surface area (Å²) >= 11 is 0. The van der Waals surface area contributed by atoms with Gasteiger partial charge in [0.2, 0.25) is 5.95 Å². The summed E-state index contributed by atoms with van der Waals surface area (Å²) in [5.41, 5.74) is 4.73.